The molecule has 1 unspecified atom stereocenters. The van der Waals surface area contributed by atoms with Crippen LogP contribution in [0.5, 0.6) is 0 Å². The number of nitrogens with zero attached hydrogens (tertiary/aromatic N) is 3. The molecular formula is C35H39N5O5S. The lowest BCUT2D eigenvalue weighted by molar-refractivity contribution is 0.0112. The number of pyridine rings is 1. The maximum absolute atomic E-state index is 13.6. The minimum atomic E-state index is -3.69. The van der Waals surface area contributed by atoms with Gasteiger partial charge in [0, 0.05) is 36.7 Å². The molecule has 3 N–H and O–H groups in total. The molecule has 46 heavy (non-hydrogen) atoms. The van der Waals surface area contributed by atoms with Gasteiger partial charge in [0.2, 0.25) is 10.0 Å². The van der Waals surface area contributed by atoms with Crippen LogP contribution in [0.2, 0.25) is 0 Å². The van der Waals surface area contributed by atoms with E-state index in [0.717, 1.165) is 34.8 Å². The van der Waals surface area contributed by atoms with Crippen LogP contribution in [0.15, 0.2) is 84.9 Å². The maximum Gasteiger partial charge on any atom is 0.355 e. The second kappa shape index (κ2) is 14.0. The van der Waals surface area contributed by atoms with Crippen LogP contribution < -0.4 is 10.5 Å². The molecule has 2 aromatic heterocycles. The van der Waals surface area contributed by atoms with Crippen molar-refractivity contribution in [3.63, 3.8) is 0 Å². The number of nitrogens with one attached hydrogen (secondary N) is 1. The molecule has 5 aromatic rings. The molecule has 3 aromatic carbocycles. The fourth-order valence-corrected chi connectivity index (χ4v) is 7.15. The molecule has 10 nitrogen and oxygen atoms in total. The van der Waals surface area contributed by atoms with E-state index in [1.165, 1.54) is 0 Å². The monoisotopic (exact) mass is 641 g/mol. The number of nitrogens with two attached hydrogens (primary N) is 1. The molecule has 1 aliphatic heterocycles. The van der Waals surface area contributed by atoms with Crippen molar-refractivity contribution < 1.29 is 22.7 Å². The van der Waals surface area contributed by atoms with E-state index in [-0.39, 0.29) is 31.5 Å². The van der Waals surface area contributed by atoms with E-state index in [1.807, 2.05) is 71.3 Å². The zero-order valence-corrected chi connectivity index (χ0v) is 26.7. The fourth-order valence-electron chi connectivity index (χ4n) is 5.97. The molecule has 6 rings (SSSR count). The highest BCUT2D eigenvalue weighted by atomic mass is 32.2. The third kappa shape index (κ3) is 7.39. The summed E-state index contributed by atoms with van der Waals surface area (Å²) in [6, 6.07) is 26.3. The summed E-state index contributed by atoms with van der Waals surface area (Å²) in [7, 11) is -3.69. The molecule has 1 aliphatic rings. The third-order valence-corrected chi connectivity index (χ3v) is 9.67. The van der Waals surface area contributed by atoms with Crippen molar-refractivity contribution in [3.8, 4) is 0 Å². The van der Waals surface area contributed by atoms with Crippen LogP contribution in [0, 0.1) is 0 Å². The summed E-state index contributed by atoms with van der Waals surface area (Å²) in [6.07, 6.45) is 0.706. The Labute approximate surface area is 269 Å². The molecule has 240 valence electrons. The van der Waals surface area contributed by atoms with Crippen LogP contribution in [0.1, 0.15) is 40.7 Å². The number of sulfonamides is 1. The average molecular weight is 642 g/mol. The van der Waals surface area contributed by atoms with Crippen LogP contribution in [0.4, 0.5) is 5.69 Å². The van der Waals surface area contributed by atoms with Crippen molar-refractivity contribution in [2.24, 2.45) is 5.73 Å². The van der Waals surface area contributed by atoms with E-state index in [0.29, 0.717) is 47.9 Å². The van der Waals surface area contributed by atoms with E-state index >= 15 is 0 Å². The van der Waals surface area contributed by atoms with Crippen LogP contribution >= 0.6 is 0 Å². The van der Waals surface area contributed by atoms with Gasteiger partial charge in [-0.15, -0.1) is 0 Å². The van der Waals surface area contributed by atoms with Crippen LogP contribution in [-0.4, -0.2) is 67.8 Å². The summed E-state index contributed by atoms with van der Waals surface area (Å²) in [6.45, 7) is 6.10. The zero-order valence-electron chi connectivity index (χ0n) is 25.9. The van der Waals surface area contributed by atoms with Crippen molar-refractivity contribution >= 4 is 43.5 Å². The van der Waals surface area contributed by atoms with E-state index < -0.39 is 16.0 Å². The number of anilines is 1. The molecule has 0 radical (unpaired) electrons. The van der Waals surface area contributed by atoms with Gasteiger partial charge in [0.1, 0.15) is 11.3 Å². The fraction of sp³-hybridized carbons (Fsp3) is 0.314. The number of ether oxygens (including phenoxy) is 2. The summed E-state index contributed by atoms with van der Waals surface area (Å²) >= 11 is 0. The van der Waals surface area contributed by atoms with Gasteiger partial charge in [-0.3, -0.25) is 9.62 Å². The predicted octanol–water partition coefficient (Wildman–Crippen LogP) is 4.91. The van der Waals surface area contributed by atoms with Crippen molar-refractivity contribution in [2.75, 3.05) is 37.6 Å². The van der Waals surface area contributed by atoms with E-state index in [4.69, 9.17) is 20.2 Å². The second-order valence-corrected chi connectivity index (χ2v) is 13.4. The van der Waals surface area contributed by atoms with Crippen molar-refractivity contribution in [1.82, 2.24) is 14.5 Å². The van der Waals surface area contributed by atoms with Gasteiger partial charge >= 0.3 is 5.97 Å². The van der Waals surface area contributed by atoms with Gasteiger partial charge in [-0.2, -0.15) is 0 Å². The Morgan fingerprint density at radius 2 is 1.76 bits per heavy atom. The Morgan fingerprint density at radius 3 is 2.54 bits per heavy atom. The SMILES string of the molecule is CC(CCOC(=O)c1cc2ccc(CN)nc2n1Cc1cc(NS(=O)(=O)Cc2ccccc2)cc2ccccc12)N1CCOCC1. The van der Waals surface area contributed by atoms with Crippen molar-refractivity contribution in [3.05, 3.63) is 107 Å². The lowest BCUT2D eigenvalue weighted by atomic mass is 10.0. The highest BCUT2D eigenvalue weighted by Crippen LogP contribution is 2.29. The van der Waals surface area contributed by atoms with Gasteiger partial charge in [-0.1, -0.05) is 54.6 Å². The summed E-state index contributed by atoms with van der Waals surface area (Å²) in [4.78, 5) is 20.7. The second-order valence-electron chi connectivity index (χ2n) is 11.7. The first-order valence-corrected chi connectivity index (χ1v) is 17.2. The maximum atomic E-state index is 13.6. The average Bonchev–Trinajstić information content (AvgIpc) is 3.42. The third-order valence-electron chi connectivity index (χ3n) is 8.41. The van der Waals surface area contributed by atoms with Gasteiger partial charge in [0.05, 0.1) is 37.8 Å². The molecule has 0 bridgehead atoms. The van der Waals surface area contributed by atoms with Gasteiger partial charge in [0.25, 0.3) is 0 Å². The Hall–Kier alpha value is -4.29. The molecule has 3 heterocycles. The number of hydrogen-bond donors (Lipinski definition) is 2. The number of hydrogen-bond acceptors (Lipinski definition) is 8. The molecule has 0 aliphatic carbocycles. The Morgan fingerprint density at radius 1 is 1.00 bits per heavy atom. The molecule has 11 heteroatoms. The molecule has 1 saturated heterocycles. The molecule has 0 amide bonds. The highest BCUT2D eigenvalue weighted by molar-refractivity contribution is 7.91. The number of carbonyl (C=O) groups excluding carboxylic acids is 1. The van der Waals surface area contributed by atoms with Crippen LogP contribution in [-0.2, 0) is 38.3 Å². The Kier molecular flexibility index (Phi) is 9.64. The van der Waals surface area contributed by atoms with E-state index in [9.17, 15) is 13.2 Å². The number of esters is 1. The standard InChI is InChI=1S/C35H39N5O5S/c1-25(39-14-17-44-18-15-39)13-16-45-35(41)33-21-28-11-12-30(22-36)37-34(28)40(33)23-29-20-31(19-27-9-5-6-10-32(27)29)38-46(42,43)24-26-7-3-2-4-8-26/h2-12,19-21,25,38H,13-18,22-24,36H2,1H3. The summed E-state index contributed by atoms with van der Waals surface area (Å²) in [5.74, 6) is -0.588. The highest BCUT2D eigenvalue weighted by Gasteiger charge is 2.22. The van der Waals surface area contributed by atoms with Crippen LogP contribution in [0.25, 0.3) is 21.8 Å². The van der Waals surface area contributed by atoms with E-state index in [1.54, 1.807) is 18.2 Å². The predicted molar refractivity (Wildman–Crippen MR) is 180 cm³/mol. The van der Waals surface area contributed by atoms with Gasteiger partial charge in [-0.25, -0.2) is 18.2 Å². The minimum Gasteiger partial charge on any atom is -0.461 e. The molecule has 1 fully saturated rings. The van der Waals surface area contributed by atoms with Crippen molar-refractivity contribution in [2.45, 2.75) is 38.2 Å². The summed E-state index contributed by atoms with van der Waals surface area (Å²) in [5.41, 5.74) is 9.56. The number of aromatic nitrogens is 2. The first-order chi connectivity index (χ1) is 22.3. The number of rotatable bonds is 12. The zero-order chi connectivity index (χ0) is 32.1. The minimum absolute atomic E-state index is 0.149. The molecular weight excluding hydrogens is 602 g/mol. The number of benzene rings is 3. The van der Waals surface area contributed by atoms with E-state index in [2.05, 4.69) is 16.5 Å². The number of carbonyl (C=O) groups is 1. The smallest absolute Gasteiger partial charge is 0.355 e. The molecule has 0 spiro atoms. The Bertz CT molecular complexity index is 1940. The van der Waals surface area contributed by atoms with Gasteiger partial charge in [0.15, 0.2) is 0 Å². The first kappa shape index (κ1) is 31.7. The normalized spacial score (nSPS) is 14.8. The Balaban J connectivity index is 1.30. The first-order valence-electron chi connectivity index (χ1n) is 15.5. The van der Waals surface area contributed by atoms with Gasteiger partial charge in [-0.05, 0) is 65.6 Å². The topological polar surface area (TPSA) is 129 Å². The molecule has 0 saturated carbocycles. The van der Waals surface area contributed by atoms with Crippen LogP contribution in [0.3, 0.4) is 0 Å². The lowest BCUT2D eigenvalue weighted by Gasteiger charge is -2.32. The summed E-state index contributed by atoms with van der Waals surface area (Å²) in [5, 5.41) is 2.59. The molecule has 1 atom stereocenters. The quantitative estimate of drug-likeness (QED) is 0.184. The lowest BCUT2D eigenvalue weighted by Crippen LogP contribution is -2.42. The largest absolute Gasteiger partial charge is 0.461 e. The number of morpholine rings is 1. The van der Waals surface area contributed by atoms with Gasteiger partial charge < -0.3 is 19.8 Å². The van der Waals surface area contributed by atoms with Crippen molar-refractivity contribution in [1.29, 1.82) is 0 Å². The summed E-state index contributed by atoms with van der Waals surface area (Å²) < 4.78 is 42.2. The number of fused-ring (bicyclic) bond motifs is 2.